The Hall–Kier alpha value is -2.89. The number of para-hydroxylation sites is 2. The van der Waals surface area contributed by atoms with E-state index >= 15 is 0 Å². The van der Waals surface area contributed by atoms with Crippen molar-refractivity contribution in [2.24, 2.45) is 0 Å². The number of carbonyl (C=O) groups excluding carboxylic acids is 1. The lowest BCUT2D eigenvalue weighted by Gasteiger charge is -2.16. The smallest absolute Gasteiger partial charge is 0.270 e. The molecule has 0 radical (unpaired) electrons. The lowest BCUT2D eigenvalue weighted by atomic mass is 10.2. The maximum Gasteiger partial charge on any atom is 0.270 e. The fourth-order valence-electron chi connectivity index (χ4n) is 2.51. The van der Waals surface area contributed by atoms with Crippen molar-refractivity contribution in [3.8, 4) is 0 Å². The van der Waals surface area contributed by atoms with Crippen molar-refractivity contribution in [3.05, 3.63) is 64.5 Å². The van der Waals surface area contributed by atoms with Gasteiger partial charge in [0.25, 0.3) is 5.56 Å². The highest BCUT2D eigenvalue weighted by Gasteiger charge is 2.12. The number of amides is 1. The molecular weight excluding hydrogens is 306 g/mol. The summed E-state index contributed by atoms with van der Waals surface area (Å²) in [6.45, 7) is 0.577. The van der Waals surface area contributed by atoms with Gasteiger partial charge in [0.15, 0.2) is 0 Å². The molecule has 3 aromatic rings. The van der Waals surface area contributed by atoms with E-state index in [0.717, 1.165) is 11.3 Å². The first-order chi connectivity index (χ1) is 11.6. The van der Waals surface area contributed by atoms with Gasteiger partial charge in [-0.2, -0.15) is 0 Å². The third kappa shape index (κ3) is 3.71. The zero-order valence-corrected chi connectivity index (χ0v) is 13.5. The van der Waals surface area contributed by atoms with Gasteiger partial charge in [0.2, 0.25) is 5.91 Å². The summed E-state index contributed by atoms with van der Waals surface area (Å²) in [5.74, 6) is 0.832. The van der Waals surface area contributed by atoms with E-state index in [1.54, 1.807) is 24.3 Å². The van der Waals surface area contributed by atoms with Gasteiger partial charge in [0.1, 0.15) is 11.5 Å². The summed E-state index contributed by atoms with van der Waals surface area (Å²) in [5.41, 5.74) is 1.58. The highest BCUT2D eigenvalue weighted by Crippen LogP contribution is 2.08. The maximum atomic E-state index is 12.2. The van der Waals surface area contributed by atoms with E-state index in [0.29, 0.717) is 30.6 Å². The van der Waals surface area contributed by atoms with Crippen LogP contribution in [0.4, 0.5) is 0 Å². The number of carbonyl (C=O) groups is 1. The van der Waals surface area contributed by atoms with Gasteiger partial charge in [-0.1, -0.05) is 12.1 Å². The normalized spacial score (nSPS) is 10.9. The molecule has 0 aliphatic rings. The van der Waals surface area contributed by atoms with Crippen molar-refractivity contribution in [2.45, 2.75) is 19.3 Å². The van der Waals surface area contributed by atoms with Crippen LogP contribution < -0.4 is 5.56 Å². The predicted octanol–water partition coefficient (Wildman–Crippen LogP) is 2.15. The molecule has 3 rings (SSSR count). The molecule has 1 amide bonds. The number of hydrogen-bond donors (Lipinski definition) is 1. The fourth-order valence-corrected chi connectivity index (χ4v) is 2.51. The van der Waals surface area contributed by atoms with Crippen LogP contribution in [-0.4, -0.2) is 34.4 Å². The molecule has 6 nitrogen and oxygen atoms in total. The van der Waals surface area contributed by atoms with Crippen LogP contribution in [0, 0.1) is 0 Å². The van der Waals surface area contributed by atoms with E-state index in [1.165, 1.54) is 0 Å². The Morgan fingerprint density at radius 1 is 1.21 bits per heavy atom. The molecule has 2 heterocycles. The maximum absolute atomic E-state index is 12.2. The van der Waals surface area contributed by atoms with Crippen molar-refractivity contribution in [3.63, 3.8) is 0 Å². The number of nitrogens with one attached hydrogen (secondary N) is 1. The summed E-state index contributed by atoms with van der Waals surface area (Å²) in [6, 6.07) is 11.1. The number of H-pyrrole nitrogens is 1. The van der Waals surface area contributed by atoms with E-state index in [1.807, 2.05) is 30.3 Å². The molecule has 0 saturated heterocycles. The van der Waals surface area contributed by atoms with Gasteiger partial charge in [-0.05, 0) is 24.3 Å². The van der Waals surface area contributed by atoms with Gasteiger partial charge in [-0.25, -0.2) is 4.98 Å². The third-order valence-corrected chi connectivity index (χ3v) is 3.94. The Morgan fingerprint density at radius 2 is 2.04 bits per heavy atom. The minimum Gasteiger partial charge on any atom is -0.469 e. The average molecular weight is 325 g/mol. The number of fused-ring (bicyclic) bond motifs is 1. The number of benzene rings is 1. The molecule has 0 aliphatic carbocycles. The molecule has 0 atom stereocenters. The molecule has 1 aromatic carbocycles. The SMILES string of the molecule is CN(CCc1ccco1)C(=O)CCc1nc2ccccc2[nH]c1=O. The van der Waals surface area contributed by atoms with Crippen molar-refractivity contribution in [1.29, 1.82) is 0 Å². The Morgan fingerprint density at radius 3 is 2.83 bits per heavy atom. The number of aromatic amines is 1. The highest BCUT2D eigenvalue weighted by atomic mass is 16.3. The van der Waals surface area contributed by atoms with Crippen molar-refractivity contribution in [2.75, 3.05) is 13.6 Å². The molecule has 0 spiro atoms. The summed E-state index contributed by atoms with van der Waals surface area (Å²) in [5, 5.41) is 0. The van der Waals surface area contributed by atoms with E-state index in [4.69, 9.17) is 4.42 Å². The minimum absolute atomic E-state index is 0.0177. The predicted molar refractivity (Wildman–Crippen MR) is 90.7 cm³/mol. The van der Waals surface area contributed by atoms with Crippen LogP contribution in [0.5, 0.6) is 0 Å². The van der Waals surface area contributed by atoms with E-state index in [9.17, 15) is 9.59 Å². The van der Waals surface area contributed by atoms with Gasteiger partial charge in [-0.3, -0.25) is 9.59 Å². The number of aromatic nitrogens is 2. The Kier molecular flexibility index (Phi) is 4.74. The Bertz CT molecular complexity index is 884. The van der Waals surface area contributed by atoms with Gasteiger partial charge in [0, 0.05) is 32.9 Å². The molecular formula is C18H19N3O3. The van der Waals surface area contributed by atoms with Crippen molar-refractivity contribution < 1.29 is 9.21 Å². The van der Waals surface area contributed by atoms with Crippen LogP contribution in [-0.2, 0) is 17.6 Å². The second-order valence-corrected chi connectivity index (χ2v) is 5.67. The molecule has 6 heteroatoms. The monoisotopic (exact) mass is 325 g/mol. The zero-order valence-electron chi connectivity index (χ0n) is 13.5. The first kappa shape index (κ1) is 16.0. The summed E-state index contributed by atoms with van der Waals surface area (Å²) in [6.07, 6.45) is 2.87. The lowest BCUT2D eigenvalue weighted by molar-refractivity contribution is -0.129. The Labute approximate surface area is 139 Å². The molecule has 0 bridgehead atoms. The second kappa shape index (κ2) is 7.12. The van der Waals surface area contributed by atoms with E-state index in [2.05, 4.69) is 9.97 Å². The molecule has 24 heavy (non-hydrogen) atoms. The van der Waals surface area contributed by atoms with Gasteiger partial charge in [0.05, 0.1) is 17.3 Å². The largest absolute Gasteiger partial charge is 0.469 e. The molecule has 1 N–H and O–H groups in total. The summed E-state index contributed by atoms with van der Waals surface area (Å²) in [7, 11) is 1.75. The topological polar surface area (TPSA) is 79.2 Å². The fraction of sp³-hybridized carbons (Fsp3) is 0.278. The number of likely N-dealkylation sites (N-methyl/N-ethyl adjacent to an activating group) is 1. The van der Waals surface area contributed by atoms with Gasteiger partial charge >= 0.3 is 0 Å². The first-order valence-electron chi connectivity index (χ1n) is 7.88. The number of furan rings is 1. The Balaban J connectivity index is 1.59. The lowest BCUT2D eigenvalue weighted by Crippen LogP contribution is -2.29. The average Bonchev–Trinajstić information content (AvgIpc) is 3.11. The zero-order chi connectivity index (χ0) is 16.9. The van der Waals surface area contributed by atoms with Crippen LogP contribution in [0.25, 0.3) is 11.0 Å². The molecule has 0 aliphatic heterocycles. The van der Waals surface area contributed by atoms with E-state index in [-0.39, 0.29) is 17.9 Å². The van der Waals surface area contributed by atoms with Crippen LogP contribution in [0.1, 0.15) is 17.9 Å². The van der Waals surface area contributed by atoms with E-state index < -0.39 is 0 Å². The van der Waals surface area contributed by atoms with Gasteiger partial charge in [-0.15, -0.1) is 0 Å². The highest BCUT2D eigenvalue weighted by molar-refractivity contribution is 5.76. The number of rotatable bonds is 6. The first-order valence-corrected chi connectivity index (χ1v) is 7.88. The molecule has 0 unspecified atom stereocenters. The van der Waals surface area contributed by atoms with Crippen LogP contribution in [0.3, 0.4) is 0 Å². The molecule has 2 aromatic heterocycles. The summed E-state index contributed by atoms with van der Waals surface area (Å²) < 4.78 is 5.26. The number of hydrogen-bond acceptors (Lipinski definition) is 4. The quantitative estimate of drug-likeness (QED) is 0.753. The molecule has 124 valence electrons. The molecule has 0 fully saturated rings. The summed E-state index contributed by atoms with van der Waals surface area (Å²) >= 11 is 0. The standard InChI is InChI=1S/C18H19N3O3/c1-21(11-10-13-5-4-12-24-13)17(22)9-8-16-18(23)20-15-7-3-2-6-14(15)19-16/h2-7,12H,8-11H2,1H3,(H,20,23). The van der Waals surface area contributed by atoms with Gasteiger partial charge < -0.3 is 14.3 Å². The van der Waals surface area contributed by atoms with Crippen LogP contribution in [0.2, 0.25) is 0 Å². The van der Waals surface area contributed by atoms with Crippen LogP contribution in [0.15, 0.2) is 51.9 Å². The number of nitrogens with zero attached hydrogens (tertiary/aromatic N) is 2. The summed E-state index contributed by atoms with van der Waals surface area (Å²) in [4.78, 5) is 33.1. The molecule has 0 saturated carbocycles. The third-order valence-electron chi connectivity index (χ3n) is 3.94. The second-order valence-electron chi connectivity index (χ2n) is 5.67. The minimum atomic E-state index is -0.236. The van der Waals surface area contributed by atoms with Crippen molar-refractivity contribution in [1.82, 2.24) is 14.9 Å². The number of aryl methyl sites for hydroxylation is 1. The van der Waals surface area contributed by atoms with Crippen molar-refractivity contribution >= 4 is 16.9 Å². The van der Waals surface area contributed by atoms with Crippen LogP contribution >= 0.6 is 0 Å².